The molecule has 6 heteroatoms. The number of aromatic nitrogens is 2. The number of anilines is 2. The van der Waals surface area contributed by atoms with Crippen LogP contribution in [0.15, 0.2) is 36.8 Å². The molecule has 1 aliphatic rings. The molecule has 0 aliphatic carbocycles. The molecule has 120 valence electrons. The Kier molecular flexibility index (Phi) is 4.50. The van der Waals surface area contributed by atoms with Gasteiger partial charge in [-0.3, -0.25) is 9.78 Å². The van der Waals surface area contributed by atoms with Crippen molar-refractivity contribution in [1.82, 2.24) is 9.97 Å². The molecule has 0 radical (unpaired) electrons. The third-order valence-corrected chi connectivity index (χ3v) is 4.19. The number of nitrogens with one attached hydrogen (secondary N) is 1. The molecular formula is C17H19FN4O. The van der Waals surface area contributed by atoms with Crippen LogP contribution in [0.5, 0.6) is 0 Å². The lowest BCUT2D eigenvalue weighted by Gasteiger charge is -2.31. The van der Waals surface area contributed by atoms with Gasteiger partial charge in [0.1, 0.15) is 11.6 Å². The maximum atomic E-state index is 13.1. The number of aryl methyl sites for hydroxylation is 1. The van der Waals surface area contributed by atoms with Crippen molar-refractivity contribution in [2.45, 2.75) is 19.8 Å². The van der Waals surface area contributed by atoms with Crippen LogP contribution >= 0.6 is 0 Å². The Bertz CT molecular complexity index is 684. The first-order valence-electron chi connectivity index (χ1n) is 7.71. The SMILES string of the molecule is Cc1cc(F)ccc1NC(=O)C1CCN(c2cnccn2)CC1. The highest BCUT2D eigenvalue weighted by molar-refractivity contribution is 5.93. The summed E-state index contributed by atoms with van der Waals surface area (Å²) < 4.78 is 13.1. The van der Waals surface area contributed by atoms with Gasteiger partial charge in [0.25, 0.3) is 0 Å². The van der Waals surface area contributed by atoms with E-state index < -0.39 is 0 Å². The van der Waals surface area contributed by atoms with Crippen LogP contribution in [0.1, 0.15) is 18.4 Å². The largest absolute Gasteiger partial charge is 0.355 e. The third kappa shape index (κ3) is 3.64. The van der Waals surface area contributed by atoms with E-state index in [1.54, 1.807) is 31.6 Å². The van der Waals surface area contributed by atoms with Crippen molar-refractivity contribution in [2.75, 3.05) is 23.3 Å². The van der Waals surface area contributed by atoms with Crippen molar-refractivity contribution in [1.29, 1.82) is 0 Å². The highest BCUT2D eigenvalue weighted by Gasteiger charge is 2.26. The van der Waals surface area contributed by atoms with E-state index in [4.69, 9.17) is 0 Å². The molecule has 0 unspecified atom stereocenters. The van der Waals surface area contributed by atoms with E-state index >= 15 is 0 Å². The molecule has 1 aromatic carbocycles. The molecule has 1 saturated heterocycles. The van der Waals surface area contributed by atoms with Gasteiger partial charge in [-0.1, -0.05) is 0 Å². The Balaban J connectivity index is 1.58. The first-order valence-corrected chi connectivity index (χ1v) is 7.71. The minimum atomic E-state index is -0.294. The van der Waals surface area contributed by atoms with E-state index in [1.807, 2.05) is 0 Å². The summed E-state index contributed by atoms with van der Waals surface area (Å²) in [4.78, 5) is 22.9. The van der Waals surface area contributed by atoms with Gasteiger partial charge in [-0.15, -0.1) is 0 Å². The lowest BCUT2D eigenvalue weighted by molar-refractivity contribution is -0.120. The van der Waals surface area contributed by atoms with Crippen LogP contribution in [0.4, 0.5) is 15.9 Å². The van der Waals surface area contributed by atoms with Crippen molar-refractivity contribution < 1.29 is 9.18 Å². The molecule has 3 rings (SSSR count). The number of hydrogen-bond acceptors (Lipinski definition) is 4. The van der Waals surface area contributed by atoms with Gasteiger partial charge in [0, 0.05) is 37.1 Å². The quantitative estimate of drug-likeness (QED) is 0.946. The Labute approximate surface area is 134 Å². The fourth-order valence-corrected chi connectivity index (χ4v) is 2.83. The Morgan fingerprint density at radius 3 is 2.74 bits per heavy atom. The summed E-state index contributed by atoms with van der Waals surface area (Å²) in [5.74, 6) is 0.518. The fourth-order valence-electron chi connectivity index (χ4n) is 2.83. The number of piperidine rings is 1. The zero-order valence-corrected chi connectivity index (χ0v) is 13.0. The van der Waals surface area contributed by atoms with Gasteiger partial charge in [-0.2, -0.15) is 0 Å². The molecule has 2 aromatic rings. The van der Waals surface area contributed by atoms with E-state index in [0.29, 0.717) is 5.69 Å². The zero-order valence-electron chi connectivity index (χ0n) is 13.0. The van der Waals surface area contributed by atoms with Crippen LogP contribution < -0.4 is 10.2 Å². The Morgan fingerprint density at radius 2 is 2.09 bits per heavy atom. The topological polar surface area (TPSA) is 58.1 Å². The molecule has 1 N–H and O–H groups in total. The number of benzene rings is 1. The highest BCUT2D eigenvalue weighted by atomic mass is 19.1. The average Bonchev–Trinajstić information content (AvgIpc) is 2.58. The summed E-state index contributed by atoms with van der Waals surface area (Å²) in [5.41, 5.74) is 1.41. The number of hydrogen-bond donors (Lipinski definition) is 1. The van der Waals surface area contributed by atoms with Gasteiger partial charge in [0.15, 0.2) is 0 Å². The van der Waals surface area contributed by atoms with Crippen LogP contribution in [-0.4, -0.2) is 29.0 Å². The monoisotopic (exact) mass is 314 g/mol. The van der Waals surface area contributed by atoms with Gasteiger partial charge in [0.05, 0.1) is 6.20 Å². The molecule has 0 atom stereocenters. The maximum Gasteiger partial charge on any atom is 0.227 e. The summed E-state index contributed by atoms with van der Waals surface area (Å²) >= 11 is 0. The second-order valence-electron chi connectivity index (χ2n) is 5.77. The zero-order chi connectivity index (χ0) is 16.2. The van der Waals surface area contributed by atoms with Crippen molar-refractivity contribution in [3.8, 4) is 0 Å². The lowest BCUT2D eigenvalue weighted by atomic mass is 9.95. The van der Waals surface area contributed by atoms with Crippen molar-refractivity contribution >= 4 is 17.4 Å². The van der Waals surface area contributed by atoms with Crippen molar-refractivity contribution in [2.24, 2.45) is 5.92 Å². The van der Waals surface area contributed by atoms with Crippen molar-refractivity contribution in [3.05, 3.63) is 48.2 Å². The van der Waals surface area contributed by atoms with E-state index in [-0.39, 0.29) is 17.6 Å². The lowest BCUT2D eigenvalue weighted by Crippen LogP contribution is -2.38. The van der Waals surface area contributed by atoms with Gasteiger partial charge >= 0.3 is 0 Å². The molecule has 0 saturated carbocycles. The highest BCUT2D eigenvalue weighted by Crippen LogP contribution is 2.23. The molecule has 5 nitrogen and oxygen atoms in total. The molecule has 1 aliphatic heterocycles. The second-order valence-corrected chi connectivity index (χ2v) is 5.77. The Hall–Kier alpha value is -2.50. The molecule has 1 amide bonds. The van der Waals surface area contributed by atoms with Gasteiger partial charge in [0.2, 0.25) is 5.91 Å². The van der Waals surface area contributed by atoms with Gasteiger partial charge in [-0.05, 0) is 43.5 Å². The number of carbonyl (C=O) groups excluding carboxylic acids is 1. The molecule has 0 spiro atoms. The van der Waals surface area contributed by atoms with Crippen LogP contribution in [0.3, 0.4) is 0 Å². The Morgan fingerprint density at radius 1 is 1.30 bits per heavy atom. The normalized spacial score (nSPS) is 15.5. The summed E-state index contributed by atoms with van der Waals surface area (Å²) in [7, 11) is 0. The van der Waals surface area contributed by atoms with Crippen LogP contribution in [0, 0.1) is 18.7 Å². The maximum absolute atomic E-state index is 13.1. The minimum absolute atomic E-state index is 0.00139. The summed E-state index contributed by atoms with van der Waals surface area (Å²) in [6, 6.07) is 4.39. The number of rotatable bonds is 3. The summed E-state index contributed by atoms with van der Waals surface area (Å²) in [5, 5.41) is 2.91. The average molecular weight is 314 g/mol. The van der Waals surface area contributed by atoms with Gasteiger partial charge in [-0.25, -0.2) is 9.37 Å². The number of carbonyl (C=O) groups is 1. The van der Waals surface area contributed by atoms with E-state index in [0.717, 1.165) is 37.3 Å². The first kappa shape index (κ1) is 15.4. The van der Waals surface area contributed by atoms with E-state index in [1.165, 1.54) is 12.1 Å². The fraction of sp³-hybridized carbons (Fsp3) is 0.353. The van der Waals surface area contributed by atoms with Crippen LogP contribution in [0.25, 0.3) is 0 Å². The van der Waals surface area contributed by atoms with Crippen molar-refractivity contribution in [3.63, 3.8) is 0 Å². The molecular weight excluding hydrogens is 295 g/mol. The number of nitrogens with zero attached hydrogens (tertiary/aromatic N) is 3. The smallest absolute Gasteiger partial charge is 0.227 e. The van der Waals surface area contributed by atoms with Crippen LogP contribution in [-0.2, 0) is 4.79 Å². The van der Waals surface area contributed by atoms with E-state index in [2.05, 4.69) is 20.2 Å². The standard InChI is InChI=1S/C17H19FN4O/c1-12-10-14(18)2-3-15(12)21-17(23)13-4-8-22(9-5-13)16-11-19-6-7-20-16/h2-3,6-7,10-11,13H,4-5,8-9H2,1H3,(H,21,23). The van der Waals surface area contributed by atoms with Crippen LogP contribution in [0.2, 0.25) is 0 Å². The second kappa shape index (κ2) is 6.73. The molecule has 2 heterocycles. The third-order valence-electron chi connectivity index (χ3n) is 4.19. The number of amides is 1. The first-order chi connectivity index (χ1) is 11.1. The van der Waals surface area contributed by atoms with Gasteiger partial charge < -0.3 is 10.2 Å². The molecule has 1 fully saturated rings. The summed E-state index contributed by atoms with van der Waals surface area (Å²) in [6.07, 6.45) is 6.59. The predicted molar refractivity (Wildman–Crippen MR) is 86.7 cm³/mol. The summed E-state index contributed by atoms with van der Waals surface area (Å²) in [6.45, 7) is 3.34. The van der Waals surface area contributed by atoms with E-state index in [9.17, 15) is 9.18 Å². The molecule has 0 bridgehead atoms. The minimum Gasteiger partial charge on any atom is -0.355 e. The number of halogens is 1. The predicted octanol–water partition coefficient (Wildman–Crippen LogP) is 2.78. The molecule has 23 heavy (non-hydrogen) atoms. The molecule has 1 aromatic heterocycles.